The zero-order valence-electron chi connectivity index (χ0n) is 13.7. The van der Waals surface area contributed by atoms with Crippen molar-refractivity contribution in [1.29, 1.82) is 0 Å². The van der Waals surface area contributed by atoms with Gasteiger partial charge in [-0.05, 0) is 50.0 Å². The van der Waals surface area contributed by atoms with Gasteiger partial charge in [-0.25, -0.2) is 0 Å². The molecule has 1 aliphatic carbocycles. The molecule has 0 bridgehead atoms. The highest BCUT2D eigenvalue weighted by Crippen LogP contribution is 2.24. The summed E-state index contributed by atoms with van der Waals surface area (Å²) < 4.78 is 0.901. The molecular weight excluding hydrogens is 370 g/mol. The average molecular weight is 390 g/mol. The zero-order chi connectivity index (χ0) is 16.9. The van der Waals surface area contributed by atoms with E-state index in [2.05, 4.69) is 37.4 Å². The van der Waals surface area contributed by atoms with Crippen LogP contribution in [-0.4, -0.2) is 37.6 Å². The summed E-state index contributed by atoms with van der Waals surface area (Å²) in [5, 5.41) is 12.4. The van der Waals surface area contributed by atoms with Crippen LogP contribution in [0.4, 0.5) is 0 Å². The highest BCUT2D eigenvalue weighted by atomic mass is 79.9. The van der Waals surface area contributed by atoms with Gasteiger partial charge in [0.1, 0.15) is 6.54 Å². The molecule has 3 rings (SSSR count). The average Bonchev–Trinajstić information content (AvgIpc) is 3.05. The van der Waals surface area contributed by atoms with Crippen LogP contribution in [0.15, 0.2) is 40.5 Å². The first-order chi connectivity index (χ1) is 11.7. The molecule has 0 atom stereocenters. The van der Waals surface area contributed by atoms with Gasteiger partial charge in [-0.15, -0.1) is 10.2 Å². The van der Waals surface area contributed by atoms with Gasteiger partial charge >= 0.3 is 0 Å². The standard InChI is InChI=1S/C17H20BrN5O/c1-2-22(13-8-4-3-5-9-13)16(24)12-23-20-17(19-21-23)14-10-6-7-11-15(14)18/h6-8,10-11H,2-5,9,12H2,1H3. The van der Waals surface area contributed by atoms with E-state index in [1.165, 1.54) is 11.2 Å². The number of hydrogen-bond acceptors (Lipinski definition) is 4. The number of aromatic nitrogens is 4. The molecule has 1 aromatic carbocycles. The molecule has 1 aromatic heterocycles. The number of nitrogens with zero attached hydrogens (tertiary/aromatic N) is 5. The van der Waals surface area contributed by atoms with Crippen molar-refractivity contribution in [2.75, 3.05) is 6.54 Å². The van der Waals surface area contributed by atoms with Gasteiger partial charge in [0.15, 0.2) is 0 Å². The van der Waals surface area contributed by atoms with E-state index in [0.29, 0.717) is 12.4 Å². The van der Waals surface area contributed by atoms with E-state index in [1.54, 1.807) is 0 Å². The Balaban J connectivity index is 1.73. The highest BCUT2D eigenvalue weighted by molar-refractivity contribution is 9.10. The van der Waals surface area contributed by atoms with Crippen molar-refractivity contribution in [2.45, 2.75) is 39.2 Å². The van der Waals surface area contributed by atoms with E-state index >= 15 is 0 Å². The van der Waals surface area contributed by atoms with Crippen LogP contribution in [0.1, 0.15) is 32.6 Å². The molecule has 1 amide bonds. The molecular formula is C17H20BrN5O. The van der Waals surface area contributed by atoms with Gasteiger partial charge in [-0.2, -0.15) is 4.80 Å². The molecule has 126 valence electrons. The summed E-state index contributed by atoms with van der Waals surface area (Å²) >= 11 is 3.48. The van der Waals surface area contributed by atoms with Crippen molar-refractivity contribution in [3.05, 3.63) is 40.5 Å². The van der Waals surface area contributed by atoms with E-state index in [4.69, 9.17) is 0 Å². The highest BCUT2D eigenvalue weighted by Gasteiger charge is 2.19. The number of tetrazole rings is 1. The minimum atomic E-state index is 0.00160. The third kappa shape index (κ3) is 3.72. The van der Waals surface area contributed by atoms with Crippen LogP contribution < -0.4 is 0 Å². The zero-order valence-corrected chi connectivity index (χ0v) is 15.2. The summed E-state index contributed by atoms with van der Waals surface area (Å²) in [4.78, 5) is 15.8. The number of allylic oxidation sites excluding steroid dienone is 2. The first-order valence-corrected chi connectivity index (χ1v) is 9.00. The van der Waals surface area contributed by atoms with Crippen LogP contribution in [0.3, 0.4) is 0 Å². The smallest absolute Gasteiger partial charge is 0.250 e. The van der Waals surface area contributed by atoms with Crippen LogP contribution in [-0.2, 0) is 11.3 Å². The molecule has 0 N–H and O–H groups in total. The second-order valence-electron chi connectivity index (χ2n) is 5.70. The predicted octanol–water partition coefficient (Wildman–Crippen LogP) is 3.41. The lowest BCUT2D eigenvalue weighted by Crippen LogP contribution is -2.34. The quantitative estimate of drug-likeness (QED) is 0.785. The molecule has 0 aliphatic heterocycles. The Morgan fingerprint density at radius 1 is 1.33 bits per heavy atom. The molecule has 6 nitrogen and oxygen atoms in total. The largest absolute Gasteiger partial charge is 0.315 e. The Labute approximate surface area is 149 Å². The Kier molecular flexibility index (Phi) is 5.40. The number of halogens is 1. The molecule has 0 saturated heterocycles. The van der Waals surface area contributed by atoms with Gasteiger partial charge in [0, 0.05) is 22.3 Å². The van der Waals surface area contributed by atoms with Gasteiger partial charge in [-0.3, -0.25) is 4.79 Å². The Morgan fingerprint density at radius 2 is 2.17 bits per heavy atom. The van der Waals surface area contributed by atoms with Crippen LogP contribution in [0.2, 0.25) is 0 Å². The number of amides is 1. The van der Waals surface area contributed by atoms with Gasteiger partial charge in [-0.1, -0.05) is 34.1 Å². The molecule has 0 radical (unpaired) electrons. The van der Waals surface area contributed by atoms with E-state index in [-0.39, 0.29) is 12.5 Å². The number of carbonyl (C=O) groups is 1. The number of likely N-dealkylation sites (N-methyl/N-ethyl adjacent to an activating group) is 1. The van der Waals surface area contributed by atoms with Crippen LogP contribution in [0.5, 0.6) is 0 Å². The fourth-order valence-electron chi connectivity index (χ4n) is 2.87. The molecule has 7 heteroatoms. The first-order valence-electron chi connectivity index (χ1n) is 8.21. The molecule has 0 unspecified atom stereocenters. The summed E-state index contributed by atoms with van der Waals surface area (Å²) in [5.41, 5.74) is 1.98. The minimum Gasteiger partial charge on any atom is -0.315 e. The lowest BCUT2D eigenvalue weighted by Gasteiger charge is -2.26. The first kappa shape index (κ1) is 16.8. The Bertz CT molecular complexity index is 755. The fraction of sp³-hybridized carbons (Fsp3) is 0.412. The van der Waals surface area contributed by atoms with Crippen molar-refractivity contribution >= 4 is 21.8 Å². The molecule has 24 heavy (non-hydrogen) atoms. The minimum absolute atomic E-state index is 0.00160. The van der Waals surface area contributed by atoms with Crippen molar-refractivity contribution in [2.24, 2.45) is 0 Å². The van der Waals surface area contributed by atoms with E-state index in [9.17, 15) is 4.79 Å². The normalized spacial score (nSPS) is 14.3. The van der Waals surface area contributed by atoms with E-state index in [0.717, 1.165) is 35.0 Å². The number of rotatable bonds is 5. The van der Waals surface area contributed by atoms with E-state index in [1.807, 2.05) is 36.1 Å². The van der Waals surface area contributed by atoms with Crippen LogP contribution in [0, 0.1) is 0 Å². The van der Waals surface area contributed by atoms with E-state index < -0.39 is 0 Å². The summed E-state index contributed by atoms with van der Waals surface area (Å²) in [7, 11) is 0. The maximum Gasteiger partial charge on any atom is 0.250 e. The van der Waals surface area contributed by atoms with Crippen molar-refractivity contribution in [3.63, 3.8) is 0 Å². The molecule has 0 saturated carbocycles. The third-order valence-corrected chi connectivity index (χ3v) is 4.77. The SMILES string of the molecule is CCN(C(=O)Cn1nnc(-c2ccccc2Br)n1)C1=CCCCC1. The molecule has 1 aliphatic rings. The second-order valence-corrected chi connectivity index (χ2v) is 6.56. The van der Waals surface area contributed by atoms with Gasteiger partial charge in [0.25, 0.3) is 0 Å². The van der Waals surface area contributed by atoms with Gasteiger partial charge < -0.3 is 4.90 Å². The maximum atomic E-state index is 12.6. The summed E-state index contributed by atoms with van der Waals surface area (Å²) in [6.45, 7) is 2.76. The summed E-state index contributed by atoms with van der Waals surface area (Å²) in [5.74, 6) is 0.511. The lowest BCUT2D eigenvalue weighted by atomic mass is 10.0. The predicted molar refractivity (Wildman–Crippen MR) is 94.9 cm³/mol. The molecule has 0 spiro atoms. The number of benzene rings is 1. The van der Waals surface area contributed by atoms with Crippen molar-refractivity contribution < 1.29 is 4.79 Å². The van der Waals surface area contributed by atoms with Crippen LogP contribution in [0.25, 0.3) is 11.4 Å². The number of carbonyl (C=O) groups excluding carboxylic acids is 1. The van der Waals surface area contributed by atoms with Gasteiger partial charge in [0.05, 0.1) is 0 Å². The Morgan fingerprint density at radius 3 is 2.88 bits per heavy atom. The van der Waals surface area contributed by atoms with Crippen LogP contribution >= 0.6 is 15.9 Å². The van der Waals surface area contributed by atoms with Gasteiger partial charge in [0.2, 0.25) is 11.7 Å². The maximum absolute atomic E-state index is 12.6. The third-order valence-electron chi connectivity index (χ3n) is 4.08. The topological polar surface area (TPSA) is 63.9 Å². The monoisotopic (exact) mass is 389 g/mol. The molecule has 1 heterocycles. The van der Waals surface area contributed by atoms with Crippen molar-refractivity contribution in [1.82, 2.24) is 25.1 Å². The van der Waals surface area contributed by atoms with Crippen molar-refractivity contribution in [3.8, 4) is 11.4 Å². The Hall–Kier alpha value is -2.02. The molecule has 2 aromatic rings. The molecule has 0 fully saturated rings. The number of hydrogen-bond donors (Lipinski definition) is 0. The summed E-state index contributed by atoms with van der Waals surface area (Å²) in [6.07, 6.45) is 6.53. The fourth-order valence-corrected chi connectivity index (χ4v) is 3.33. The summed E-state index contributed by atoms with van der Waals surface area (Å²) in [6, 6.07) is 7.69. The second kappa shape index (κ2) is 7.70. The lowest BCUT2D eigenvalue weighted by molar-refractivity contribution is -0.130.